The Morgan fingerprint density at radius 1 is 1.14 bits per heavy atom. The number of amides is 3. The number of aliphatic hydroxyl groups excluding tert-OH is 1. The highest BCUT2D eigenvalue weighted by molar-refractivity contribution is 6.05. The Labute approximate surface area is 257 Å². The Morgan fingerprint density at radius 3 is 2.42 bits per heavy atom. The van der Waals surface area contributed by atoms with Crippen LogP contribution in [0, 0.1) is 31.6 Å². The SMILES string of the molecule is C=CCN(CCC)C(=O)[C@H]1[C@H]2C(=O)N([C@@H](CO)[C@@H](C)CC)C(C(=O)N(CC=C)c3cc(C)ccc3C)C23CC[C@]1(CC)O3. The van der Waals surface area contributed by atoms with Gasteiger partial charge in [-0.3, -0.25) is 14.4 Å². The zero-order valence-corrected chi connectivity index (χ0v) is 27.0. The quantitative estimate of drug-likeness (QED) is 0.313. The van der Waals surface area contributed by atoms with Crippen molar-refractivity contribution >= 4 is 23.4 Å². The van der Waals surface area contributed by atoms with Gasteiger partial charge in [0.2, 0.25) is 11.8 Å². The Hall–Kier alpha value is -2.97. The molecule has 0 radical (unpaired) electrons. The summed E-state index contributed by atoms with van der Waals surface area (Å²) in [5.41, 5.74) is 0.696. The van der Waals surface area contributed by atoms with Gasteiger partial charge < -0.3 is 24.5 Å². The van der Waals surface area contributed by atoms with Crippen LogP contribution in [0.15, 0.2) is 43.5 Å². The maximum absolute atomic E-state index is 15.0. The Balaban J connectivity index is 1.92. The lowest BCUT2D eigenvalue weighted by atomic mass is 9.64. The molecule has 4 rings (SSSR count). The van der Waals surface area contributed by atoms with Gasteiger partial charge in [-0.2, -0.15) is 0 Å². The second-order valence-electron chi connectivity index (χ2n) is 12.8. The van der Waals surface area contributed by atoms with Crippen molar-refractivity contribution in [2.75, 3.05) is 31.1 Å². The van der Waals surface area contributed by atoms with Crippen LogP contribution < -0.4 is 4.90 Å². The van der Waals surface area contributed by atoms with Crippen molar-refractivity contribution in [3.63, 3.8) is 0 Å². The molecule has 1 N–H and O–H groups in total. The van der Waals surface area contributed by atoms with Crippen molar-refractivity contribution in [1.82, 2.24) is 9.80 Å². The Kier molecular flexibility index (Phi) is 9.92. The van der Waals surface area contributed by atoms with E-state index in [2.05, 4.69) is 13.2 Å². The molecule has 43 heavy (non-hydrogen) atoms. The predicted molar refractivity (Wildman–Crippen MR) is 170 cm³/mol. The number of hydrogen-bond donors (Lipinski definition) is 1. The van der Waals surface area contributed by atoms with Gasteiger partial charge in [-0.1, -0.05) is 58.4 Å². The maximum Gasteiger partial charge on any atom is 0.253 e. The van der Waals surface area contributed by atoms with Gasteiger partial charge in [0.1, 0.15) is 11.6 Å². The lowest BCUT2D eigenvalue weighted by Gasteiger charge is -2.41. The lowest BCUT2D eigenvalue weighted by Crippen LogP contribution is -2.60. The zero-order valence-electron chi connectivity index (χ0n) is 27.0. The number of benzene rings is 1. The summed E-state index contributed by atoms with van der Waals surface area (Å²) < 4.78 is 7.03. The van der Waals surface area contributed by atoms with Gasteiger partial charge in [-0.25, -0.2) is 0 Å². The van der Waals surface area contributed by atoms with Crippen LogP contribution >= 0.6 is 0 Å². The third kappa shape index (κ3) is 5.24. The zero-order chi connectivity index (χ0) is 31.7. The molecule has 8 nitrogen and oxygen atoms in total. The van der Waals surface area contributed by atoms with Crippen LogP contribution in [0.1, 0.15) is 70.9 Å². The van der Waals surface area contributed by atoms with Gasteiger partial charge in [0.25, 0.3) is 5.91 Å². The number of aryl methyl sites for hydroxylation is 2. The molecule has 1 spiro atoms. The highest BCUT2D eigenvalue weighted by Crippen LogP contribution is 2.65. The van der Waals surface area contributed by atoms with Crippen LogP contribution in [0.25, 0.3) is 0 Å². The van der Waals surface area contributed by atoms with Crippen molar-refractivity contribution in [3.8, 4) is 0 Å². The highest BCUT2D eigenvalue weighted by Gasteiger charge is 2.79. The van der Waals surface area contributed by atoms with E-state index in [4.69, 9.17) is 4.74 Å². The first kappa shape index (κ1) is 32.9. The van der Waals surface area contributed by atoms with Crippen molar-refractivity contribution < 1.29 is 24.2 Å². The second kappa shape index (κ2) is 12.9. The Bertz CT molecular complexity index is 1250. The molecule has 3 amide bonds. The van der Waals surface area contributed by atoms with Gasteiger partial charge in [-0.05, 0) is 62.6 Å². The second-order valence-corrected chi connectivity index (χ2v) is 12.8. The molecule has 7 atom stereocenters. The maximum atomic E-state index is 15.0. The molecule has 2 unspecified atom stereocenters. The van der Waals surface area contributed by atoms with Crippen LogP contribution in [-0.4, -0.2) is 82.2 Å². The summed E-state index contributed by atoms with van der Waals surface area (Å²) in [5, 5.41) is 10.7. The highest BCUT2D eigenvalue weighted by atomic mass is 16.5. The third-order valence-electron chi connectivity index (χ3n) is 10.4. The molecule has 2 bridgehead atoms. The largest absolute Gasteiger partial charge is 0.394 e. The van der Waals surface area contributed by atoms with Gasteiger partial charge in [0.05, 0.1) is 30.1 Å². The summed E-state index contributed by atoms with van der Waals surface area (Å²) in [6, 6.07) is 4.40. The van der Waals surface area contributed by atoms with E-state index < -0.39 is 35.1 Å². The minimum Gasteiger partial charge on any atom is -0.394 e. The predicted octanol–water partition coefficient (Wildman–Crippen LogP) is 4.81. The average Bonchev–Trinajstić information content (AvgIpc) is 3.60. The molecule has 236 valence electrons. The molecule has 3 saturated heterocycles. The summed E-state index contributed by atoms with van der Waals surface area (Å²) in [6.07, 6.45) is 6.55. The van der Waals surface area contributed by atoms with Gasteiger partial charge in [-0.15, -0.1) is 13.2 Å². The molecule has 3 heterocycles. The van der Waals surface area contributed by atoms with Crippen LogP contribution in [0.4, 0.5) is 5.69 Å². The van der Waals surface area contributed by atoms with Crippen molar-refractivity contribution in [2.45, 2.75) is 96.9 Å². The Morgan fingerprint density at radius 2 is 1.84 bits per heavy atom. The summed E-state index contributed by atoms with van der Waals surface area (Å²) in [6.45, 7) is 20.7. The fourth-order valence-electron chi connectivity index (χ4n) is 7.99. The van der Waals surface area contributed by atoms with E-state index >= 15 is 4.79 Å². The first-order valence-electron chi connectivity index (χ1n) is 16.0. The van der Waals surface area contributed by atoms with E-state index in [1.807, 2.05) is 59.7 Å². The molecular weight excluding hydrogens is 542 g/mol. The first-order chi connectivity index (χ1) is 20.5. The van der Waals surface area contributed by atoms with E-state index in [0.717, 1.165) is 23.2 Å². The third-order valence-corrected chi connectivity index (χ3v) is 10.4. The number of fused-ring (bicyclic) bond motifs is 1. The van der Waals surface area contributed by atoms with Crippen molar-refractivity contribution in [2.24, 2.45) is 17.8 Å². The fraction of sp³-hybridized carbons (Fsp3) is 0.629. The first-order valence-corrected chi connectivity index (χ1v) is 16.0. The van der Waals surface area contributed by atoms with Gasteiger partial charge in [0, 0.05) is 25.3 Å². The minimum absolute atomic E-state index is 0.0723. The topological polar surface area (TPSA) is 90.4 Å². The molecular formula is C35H51N3O5. The van der Waals surface area contributed by atoms with E-state index in [1.165, 1.54) is 0 Å². The summed E-state index contributed by atoms with van der Waals surface area (Å²) in [7, 11) is 0. The number of carbonyl (C=O) groups is 3. The molecule has 3 aliphatic rings. The summed E-state index contributed by atoms with van der Waals surface area (Å²) in [4.78, 5) is 49.3. The fourth-order valence-corrected chi connectivity index (χ4v) is 7.99. The number of aliphatic hydroxyl groups is 1. The monoisotopic (exact) mass is 593 g/mol. The van der Waals surface area contributed by atoms with Gasteiger partial charge >= 0.3 is 0 Å². The molecule has 0 saturated carbocycles. The number of carbonyl (C=O) groups excluding carboxylic acids is 3. The summed E-state index contributed by atoms with van der Waals surface area (Å²) in [5.74, 6) is -2.23. The van der Waals surface area contributed by atoms with Crippen molar-refractivity contribution in [3.05, 3.63) is 54.6 Å². The molecule has 3 aliphatic heterocycles. The molecule has 3 fully saturated rings. The average molecular weight is 594 g/mol. The number of nitrogens with zero attached hydrogens (tertiary/aromatic N) is 3. The van der Waals surface area contributed by atoms with Gasteiger partial charge in [0.15, 0.2) is 0 Å². The molecule has 0 aliphatic carbocycles. The number of rotatable bonds is 14. The normalized spacial score (nSPS) is 28.9. The van der Waals surface area contributed by atoms with Crippen LogP contribution in [-0.2, 0) is 19.1 Å². The molecule has 0 aromatic heterocycles. The van der Waals surface area contributed by atoms with E-state index in [-0.39, 0.29) is 36.8 Å². The smallest absolute Gasteiger partial charge is 0.253 e. The van der Waals surface area contributed by atoms with E-state index in [0.29, 0.717) is 38.8 Å². The lowest BCUT2D eigenvalue weighted by molar-refractivity contribution is -0.154. The van der Waals surface area contributed by atoms with E-state index in [1.54, 1.807) is 26.9 Å². The van der Waals surface area contributed by atoms with Crippen LogP contribution in [0.5, 0.6) is 0 Å². The molecule has 1 aromatic carbocycles. The number of ether oxygens (including phenoxy) is 1. The number of likely N-dealkylation sites (tertiary alicyclic amines) is 1. The minimum atomic E-state index is -1.17. The molecule has 8 heteroatoms. The standard InChI is InChI=1S/C35H51N3O5/c1-9-18-36(19-10-2)31(40)28-29-32(41)38(27(22-39)24(7)12-4)30(35(29)17-16-34(28,13-5)43-35)33(42)37(20-11-3)26-21-23(6)14-15-25(26)8/h9,11,14-15,21,24,27-30,39H,1,3,10,12-13,16-20,22H2,2,4-8H3/t24-,27-,28+,29-,30?,34-,35?/m0/s1. The number of anilines is 1. The van der Waals surface area contributed by atoms with Crippen LogP contribution in [0.3, 0.4) is 0 Å². The van der Waals surface area contributed by atoms with E-state index in [9.17, 15) is 14.7 Å². The van der Waals surface area contributed by atoms with Crippen molar-refractivity contribution in [1.29, 1.82) is 0 Å². The number of hydrogen-bond acceptors (Lipinski definition) is 5. The van der Waals surface area contributed by atoms with Crippen LogP contribution in [0.2, 0.25) is 0 Å². The molecule has 1 aromatic rings. The summed E-state index contributed by atoms with van der Waals surface area (Å²) >= 11 is 0.